The first-order valence-corrected chi connectivity index (χ1v) is 11.6. The van der Waals surface area contributed by atoms with Gasteiger partial charge in [0.05, 0.1) is 23.0 Å². The van der Waals surface area contributed by atoms with Gasteiger partial charge in [-0.25, -0.2) is 0 Å². The molecule has 0 radical (unpaired) electrons. The van der Waals surface area contributed by atoms with Crippen molar-refractivity contribution in [1.82, 2.24) is 15.2 Å². The molecule has 0 amide bonds. The first-order chi connectivity index (χ1) is 15.9. The van der Waals surface area contributed by atoms with E-state index in [0.717, 1.165) is 4.43 Å². The van der Waals surface area contributed by atoms with Gasteiger partial charge in [0.15, 0.2) is 0 Å². The van der Waals surface area contributed by atoms with Crippen molar-refractivity contribution in [2.45, 2.75) is 12.6 Å². The normalized spacial score (nSPS) is 12.6. The molecule has 2 aromatic carbocycles. The molecule has 33 heavy (non-hydrogen) atoms. The number of H-pyrrole nitrogens is 1. The number of allylic oxidation sites excluding steroid dienone is 1. The Morgan fingerprint density at radius 1 is 0.970 bits per heavy atom. The Morgan fingerprint density at radius 2 is 1.76 bits per heavy atom. The summed E-state index contributed by atoms with van der Waals surface area (Å²) in [4.78, 5) is 4.25. The molecule has 4 rings (SSSR count). The van der Waals surface area contributed by atoms with Crippen LogP contribution in [0, 0.1) is 5.95 Å². The molecule has 0 spiro atoms. The highest BCUT2D eigenvalue weighted by molar-refractivity contribution is 14.1. The van der Waals surface area contributed by atoms with Gasteiger partial charge in [0.25, 0.3) is 0 Å². The number of nitrogens with one attached hydrogen (secondary N) is 2. The highest BCUT2D eigenvalue weighted by Gasteiger charge is 2.31. The fraction of sp³-hybridized carbons (Fsp3) is 0.167. The van der Waals surface area contributed by atoms with Crippen molar-refractivity contribution in [3.63, 3.8) is 0 Å². The van der Waals surface area contributed by atoms with Crippen LogP contribution in [0.15, 0.2) is 67.0 Å². The lowest BCUT2D eigenvalue weighted by atomic mass is 9.88. The highest BCUT2D eigenvalue weighted by atomic mass is 127. The van der Waals surface area contributed by atoms with Crippen LogP contribution in [0.3, 0.4) is 0 Å². The van der Waals surface area contributed by atoms with Crippen LogP contribution < -0.4 is 5.32 Å². The van der Waals surface area contributed by atoms with Crippen LogP contribution in [0.4, 0.5) is 23.2 Å². The summed E-state index contributed by atoms with van der Waals surface area (Å²) >= 11 is 2.23. The van der Waals surface area contributed by atoms with E-state index in [4.69, 9.17) is 0 Å². The topological polar surface area (TPSA) is 53.6 Å². The molecule has 0 saturated carbocycles. The van der Waals surface area contributed by atoms with Gasteiger partial charge < -0.3 is 5.32 Å². The summed E-state index contributed by atoms with van der Waals surface area (Å²) in [6.07, 6.45) is -2.45. The Labute approximate surface area is 201 Å². The molecule has 9 heteroatoms. The highest BCUT2D eigenvalue weighted by Crippen LogP contribution is 2.40. The van der Waals surface area contributed by atoms with Gasteiger partial charge in [0.2, 0.25) is 5.95 Å². The molecule has 0 aliphatic rings. The SMILES string of the molecule is Fc1n[nH]c2ccc(/C(=C(\CC(F)(F)F)c3ccccc3)c3cncc(NCCI)c3)cc12. The number of nitrogens with zero attached hydrogens (tertiary/aromatic N) is 2. The third kappa shape index (κ3) is 5.52. The van der Waals surface area contributed by atoms with Crippen LogP contribution in [0.25, 0.3) is 22.0 Å². The van der Waals surface area contributed by atoms with Gasteiger partial charge in [-0.05, 0) is 40.5 Å². The molecule has 0 bridgehead atoms. The second kappa shape index (κ2) is 9.90. The van der Waals surface area contributed by atoms with Crippen molar-refractivity contribution in [2.75, 3.05) is 16.3 Å². The number of fused-ring (bicyclic) bond motifs is 1. The molecule has 2 aromatic heterocycles. The van der Waals surface area contributed by atoms with E-state index in [1.165, 1.54) is 12.3 Å². The van der Waals surface area contributed by atoms with Crippen molar-refractivity contribution in [3.05, 3.63) is 89.6 Å². The Morgan fingerprint density at radius 3 is 2.48 bits per heavy atom. The molecular formula is C24H19F4IN4. The molecule has 0 aliphatic heterocycles. The van der Waals surface area contributed by atoms with E-state index in [2.05, 4.69) is 43.1 Å². The van der Waals surface area contributed by atoms with Crippen LogP contribution in [0.5, 0.6) is 0 Å². The summed E-state index contributed by atoms with van der Waals surface area (Å²) in [5, 5.41) is 9.57. The van der Waals surface area contributed by atoms with E-state index in [9.17, 15) is 17.6 Å². The van der Waals surface area contributed by atoms with E-state index in [-0.39, 0.29) is 11.0 Å². The van der Waals surface area contributed by atoms with E-state index < -0.39 is 18.5 Å². The lowest BCUT2D eigenvalue weighted by Crippen LogP contribution is -2.10. The number of hydrogen-bond donors (Lipinski definition) is 2. The zero-order valence-corrected chi connectivity index (χ0v) is 19.4. The molecule has 0 atom stereocenters. The van der Waals surface area contributed by atoms with Crippen molar-refractivity contribution < 1.29 is 17.6 Å². The fourth-order valence-electron chi connectivity index (χ4n) is 3.69. The van der Waals surface area contributed by atoms with Gasteiger partial charge in [0, 0.05) is 28.9 Å². The maximum absolute atomic E-state index is 14.2. The fourth-order valence-corrected chi connectivity index (χ4v) is 3.96. The minimum absolute atomic E-state index is 0.0826. The maximum atomic E-state index is 14.2. The van der Waals surface area contributed by atoms with Crippen molar-refractivity contribution >= 4 is 50.3 Å². The predicted octanol–water partition coefficient (Wildman–Crippen LogP) is 6.86. The second-order valence-corrected chi connectivity index (χ2v) is 8.44. The van der Waals surface area contributed by atoms with Crippen molar-refractivity contribution in [2.24, 2.45) is 0 Å². The Hall–Kier alpha value is -2.95. The smallest absolute Gasteiger partial charge is 0.383 e. The monoisotopic (exact) mass is 566 g/mol. The molecule has 0 saturated heterocycles. The summed E-state index contributed by atoms with van der Waals surface area (Å²) in [6.45, 7) is 0.686. The Balaban J connectivity index is 2.00. The third-order valence-corrected chi connectivity index (χ3v) is 5.60. The summed E-state index contributed by atoms with van der Waals surface area (Å²) < 4.78 is 56.4. The average molecular weight is 566 g/mol. The quantitative estimate of drug-likeness (QED) is 0.111. The first kappa shape index (κ1) is 23.2. The van der Waals surface area contributed by atoms with E-state index in [1.54, 1.807) is 54.7 Å². The van der Waals surface area contributed by atoms with Crippen LogP contribution >= 0.6 is 22.6 Å². The molecular weight excluding hydrogens is 547 g/mol. The van der Waals surface area contributed by atoms with Crippen LogP contribution in [-0.2, 0) is 0 Å². The van der Waals surface area contributed by atoms with Gasteiger partial charge in [-0.15, -0.1) is 5.10 Å². The largest absolute Gasteiger partial charge is 0.393 e. The number of halogens is 5. The van der Waals surface area contributed by atoms with Crippen molar-refractivity contribution in [3.8, 4) is 0 Å². The number of alkyl halides is 4. The number of hydrogen-bond acceptors (Lipinski definition) is 3. The zero-order valence-electron chi connectivity index (χ0n) is 17.3. The molecule has 4 aromatic rings. The molecule has 0 aliphatic carbocycles. The number of aromatic nitrogens is 3. The van der Waals surface area contributed by atoms with Crippen LogP contribution in [-0.4, -0.2) is 32.3 Å². The van der Waals surface area contributed by atoms with Gasteiger partial charge in [-0.3, -0.25) is 10.1 Å². The van der Waals surface area contributed by atoms with Gasteiger partial charge in [-0.1, -0.05) is 59.0 Å². The molecule has 0 fully saturated rings. The second-order valence-electron chi connectivity index (χ2n) is 7.36. The minimum atomic E-state index is -4.45. The van der Waals surface area contributed by atoms with E-state index in [0.29, 0.717) is 40.0 Å². The minimum Gasteiger partial charge on any atom is -0.383 e. The van der Waals surface area contributed by atoms with Gasteiger partial charge >= 0.3 is 6.18 Å². The maximum Gasteiger partial charge on any atom is 0.393 e. The summed E-state index contributed by atoms with van der Waals surface area (Å²) in [5.41, 5.74) is 2.95. The number of rotatable bonds is 7. The molecule has 2 N–H and O–H groups in total. The third-order valence-electron chi connectivity index (χ3n) is 5.06. The summed E-state index contributed by atoms with van der Waals surface area (Å²) in [5.74, 6) is -0.709. The molecule has 4 nitrogen and oxygen atoms in total. The average Bonchev–Trinajstić information content (AvgIpc) is 3.17. The zero-order chi connectivity index (χ0) is 23.4. The predicted molar refractivity (Wildman–Crippen MR) is 131 cm³/mol. The first-order valence-electron chi connectivity index (χ1n) is 10.1. The standard InChI is InChI=1S/C24H19F4IN4/c25-23-19-11-16(6-7-21(19)32-33-23)22(17-10-18(14-30-13-17)31-9-8-29)20(12-24(26,27)28)15-4-2-1-3-5-15/h1-7,10-11,13-14,31H,8-9,12H2,(H,32,33)/b22-20-. The lowest BCUT2D eigenvalue weighted by molar-refractivity contribution is -0.122. The summed E-state index contributed by atoms with van der Waals surface area (Å²) in [6, 6.07) is 15.0. The van der Waals surface area contributed by atoms with E-state index >= 15 is 0 Å². The summed E-state index contributed by atoms with van der Waals surface area (Å²) in [7, 11) is 0. The number of benzene rings is 2. The number of aromatic amines is 1. The van der Waals surface area contributed by atoms with E-state index in [1.807, 2.05) is 0 Å². The van der Waals surface area contributed by atoms with Crippen molar-refractivity contribution in [1.29, 1.82) is 0 Å². The Kier molecular flexibility index (Phi) is 6.96. The number of pyridine rings is 1. The van der Waals surface area contributed by atoms with Crippen LogP contribution in [0.1, 0.15) is 23.1 Å². The van der Waals surface area contributed by atoms with Crippen LogP contribution in [0.2, 0.25) is 0 Å². The van der Waals surface area contributed by atoms with Gasteiger partial charge in [-0.2, -0.15) is 17.6 Å². The number of anilines is 1. The Bertz CT molecular complexity index is 1280. The lowest BCUT2D eigenvalue weighted by Gasteiger charge is -2.19. The molecule has 2 heterocycles. The molecule has 0 unspecified atom stereocenters. The van der Waals surface area contributed by atoms with Gasteiger partial charge in [0.1, 0.15) is 0 Å². The molecule has 170 valence electrons.